The molecule has 0 aromatic rings. The van der Waals surface area contributed by atoms with Crippen molar-refractivity contribution in [3.63, 3.8) is 0 Å². The highest BCUT2D eigenvalue weighted by Gasteiger charge is 2.25. The fourth-order valence-corrected chi connectivity index (χ4v) is 1.87. The molecule has 0 aromatic heterocycles. The number of nitrogens with zero attached hydrogens (tertiary/aromatic N) is 2. The number of hydroxylamine groups is 2. The van der Waals surface area contributed by atoms with Crippen LogP contribution in [0.3, 0.4) is 0 Å². The zero-order valence-corrected chi connectivity index (χ0v) is 14.4. The Labute approximate surface area is 128 Å². The number of ether oxygens (including phenoxy) is 1. The lowest BCUT2D eigenvalue weighted by Crippen LogP contribution is -2.39. The summed E-state index contributed by atoms with van der Waals surface area (Å²) in [7, 11) is 3.06. The number of hydrogen-bond acceptors (Lipinski definition) is 4. The van der Waals surface area contributed by atoms with Gasteiger partial charge in [0.25, 0.3) is 0 Å². The first-order valence-corrected chi connectivity index (χ1v) is 7.45. The van der Waals surface area contributed by atoms with E-state index >= 15 is 0 Å². The largest absolute Gasteiger partial charge is 0.444 e. The van der Waals surface area contributed by atoms with Crippen LogP contribution in [0.4, 0.5) is 4.79 Å². The first-order valence-electron chi connectivity index (χ1n) is 7.45. The Morgan fingerprint density at radius 3 is 2.14 bits per heavy atom. The average Bonchev–Trinajstić information content (AvgIpc) is 2.40. The van der Waals surface area contributed by atoms with E-state index in [1.54, 1.807) is 11.9 Å². The van der Waals surface area contributed by atoms with E-state index < -0.39 is 5.60 Å². The van der Waals surface area contributed by atoms with Crippen molar-refractivity contribution < 1.29 is 19.2 Å². The van der Waals surface area contributed by atoms with Crippen molar-refractivity contribution in [2.24, 2.45) is 5.92 Å². The summed E-state index contributed by atoms with van der Waals surface area (Å²) in [5.74, 6) is -0.230. The van der Waals surface area contributed by atoms with Gasteiger partial charge in [-0.1, -0.05) is 6.92 Å². The van der Waals surface area contributed by atoms with Crippen molar-refractivity contribution in [1.29, 1.82) is 0 Å². The minimum absolute atomic E-state index is 0.0692. The van der Waals surface area contributed by atoms with Crippen molar-refractivity contribution in [2.75, 3.05) is 27.2 Å². The third-order valence-corrected chi connectivity index (χ3v) is 3.21. The predicted octanol–water partition coefficient (Wildman–Crippen LogP) is 2.68. The van der Waals surface area contributed by atoms with Gasteiger partial charge in [-0.2, -0.15) is 0 Å². The fourth-order valence-electron chi connectivity index (χ4n) is 1.87. The van der Waals surface area contributed by atoms with Crippen LogP contribution in [-0.2, 0) is 14.4 Å². The molecule has 0 saturated carbocycles. The van der Waals surface area contributed by atoms with Gasteiger partial charge in [0, 0.05) is 26.1 Å². The molecule has 0 saturated heterocycles. The second-order valence-corrected chi connectivity index (χ2v) is 5.97. The van der Waals surface area contributed by atoms with Gasteiger partial charge < -0.3 is 9.64 Å². The van der Waals surface area contributed by atoms with E-state index in [4.69, 9.17) is 9.57 Å². The highest BCUT2D eigenvalue weighted by molar-refractivity contribution is 5.77. The quantitative estimate of drug-likeness (QED) is 0.678. The molecule has 0 spiro atoms. The highest BCUT2D eigenvalue weighted by atomic mass is 16.7. The molecular formula is C15H30N2O4. The smallest absolute Gasteiger partial charge is 0.410 e. The molecule has 0 bridgehead atoms. The molecule has 0 aliphatic carbocycles. The lowest BCUT2D eigenvalue weighted by atomic mass is 10.0. The second kappa shape index (κ2) is 8.87. The minimum Gasteiger partial charge on any atom is -0.444 e. The summed E-state index contributed by atoms with van der Waals surface area (Å²) in [6.07, 6.45) is 0.960. The Bertz CT molecular complexity index is 339. The summed E-state index contributed by atoms with van der Waals surface area (Å²) in [6.45, 7) is 10.4. The molecule has 21 heavy (non-hydrogen) atoms. The van der Waals surface area contributed by atoms with Gasteiger partial charge >= 0.3 is 6.09 Å². The van der Waals surface area contributed by atoms with E-state index in [-0.39, 0.29) is 17.9 Å². The Morgan fingerprint density at radius 2 is 1.76 bits per heavy atom. The van der Waals surface area contributed by atoms with Crippen LogP contribution < -0.4 is 0 Å². The maximum atomic E-state index is 12.1. The third-order valence-electron chi connectivity index (χ3n) is 3.21. The van der Waals surface area contributed by atoms with Crippen LogP contribution in [0.25, 0.3) is 0 Å². The van der Waals surface area contributed by atoms with Gasteiger partial charge in [0.1, 0.15) is 5.60 Å². The molecule has 0 aliphatic rings. The standard InChI is InChI=1S/C15H30N2O4/c1-8-12(13(18)16(6)20-7)10-11-17(9-2)14(19)21-15(3,4)5/h12H,8-11H2,1-7H3. The van der Waals surface area contributed by atoms with Crippen LogP contribution >= 0.6 is 0 Å². The summed E-state index contributed by atoms with van der Waals surface area (Å²) in [5, 5.41) is 1.23. The lowest BCUT2D eigenvalue weighted by molar-refractivity contribution is -0.173. The van der Waals surface area contributed by atoms with Crippen LogP contribution in [0.1, 0.15) is 47.5 Å². The fraction of sp³-hybridized carbons (Fsp3) is 0.867. The van der Waals surface area contributed by atoms with Crippen molar-refractivity contribution in [2.45, 2.75) is 53.1 Å². The van der Waals surface area contributed by atoms with Crippen molar-refractivity contribution in [3.05, 3.63) is 0 Å². The molecule has 6 heteroatoms. The van der Waals surface area contributed by atoms with Gasteiger partial charge in [-0.25, -0.2) is 9.86 Å². The molecule has 1 atom stereocenters. The molecule has 0 aliphatic heterocycles. The number of rotatable bonds is 7. The Hall–Kier alpha value is -1.30. The minimum atomic E-state index is -0.513. The molecular weight excluding hydrogens is 272 g/mol. The van der Waals surface area contributed by atoms with Crippen LogP contribution in [0.5, 0.6) is 0 Å². The topological polar surface area (TPSA) is 59.1 Å². The Balaban J connectivity index is 4.55. The van der Waals surface area contributed by atoms with E-state index in [1.807, 2.05) is 34.6 Å². The molecule has 0 rings (SSSR count). The van der Waals surface area contributed by atoms with Crippen molar-refractivity contribution >= 4 is 12.0 Å². The molecule has 6 nitrogen and oxygen atoms in total. The zero-order valence-electron chi connectivity index (χ0n) is 14.4. The lowest BCUT2D eigenvalue weighted by Gasteiger charge is -2.28. The highest BCUT2D eigenvalue weighted by Crippen LogP contribution is 2.15. The van der Waals surface area contributed by atoms with E-state index in [0.717, 1.165) is 0 Å². The molecule has 0 fully saturated rings. The molecule has 0 radical (unpaired) electrons. The summed E-state index contributed by atoms with van der Waals surface area (Å²) >= 11 is 0. The predicted molar refractivity (Wildman–Crippen MR) is 81.7 cm³/mol. The maximum absolute atomic E-state index is 12.1. The molecule has 0 aromatic carbocycles. The molecule has 2 amide bonds. The zero-order chi connectivity index (χ0) is 16.6. The van der Waals surface area contributed by atoms with E-state index in [2.05, 4.69) is 0 Å². The van der Waals surface area contributed by atoms with Crippen LogP contribution in [0, 0.1) is 5.92 Å². The SMILES string of the molecule is CCC(CCN(CC)C(=O)OC(C)(C)C)C(=O)N(C)OC. The van der Waals surface area contributed by atoms with Crippen LogP contribution in [0.15, 0.2) is 0 Å². The summed E-state index contributed by atoms with van der Waals surface area (Å²) in [5.41, 5.74) is -0.513. The Kier molecular flexibility index (Phi) is 8.32. The van der Waals surface area contributed by atoms with Gasteiger partial charge in [0.15, 0.2) is 0 Å². The summed E-state index contributed by atoms with van der Waals surface area (Å²) in [4.78, 5) is 30.6. The third kappa shape index (κ3) is 7.32. The van der Waals surface area contributed by atoms with E-state index in [9.17, 15) is 9.59 Å². The molecule has 0 heterocycles. The number of amides is 2. The summed E-state index contributed by atoms with van der Waals surface area (Å²) in [6, 6.07) is 0. The van der Waals surface area contributed by atoms with Crippen LogP contribution in [-0.4, -0.2) is 54.8 Å². The number of hydrogen-bond donors (Lipinski definition) is 0. The van der Waals surface area contributed by atoms with Gasteiger partial charge in [-0.15, -0.1) is 0 Å². The van der Waals surface area contributed by atoms with Gasteiger partial charge in [0.05, 0.1) is 7.11 Å². The normalized spacial score (nSPS) is 12.7. The van der Waals surface area contributed by atoms with E-state index in [0.29, 0.717) is 25.9 Å². The van der Waals surface area contributed by atoms with Gasteiger partial charge in [-0.05, 0) is 40.5 Å². The first kappa shape index (κ1) is 19.7. The molecule has 0 N–H and O–H groups in total. The number of carbonyl (C=O) groups excluding carboxylic acids is 2. The van der Waals surface area contributed by atoms with E-state index in [1.165, 1.54) is 12.2 Å². The Morgan fingerprint density at radius 1 is 1.19 bits per heavy atom. The van der Waals surface area contributed by atoms with Crippen LogP contribution in [0.2, 0.25) is 0 Å². The average molecular weight is 302 g/mol. The second-order valence-electron chi connectivity index (χ2n) is 5.97. The maximum Gasteiger partial charge on any atom is 0.410 e. The molecule has 124 valence electrons. The van der Waals surface area contributed by atoms with Gasteiger partial charge in [-0.3, -0.25) is 9.63 Å². The van der Waals surface area contributed by atoms with Crippen molar-refractivity contribution in [3.8, 4) is 0 Å². The first-order chi connectivity index (χ1) is 9.66. The number of carbonyl (C=O) groups is 2. The molecule has 1 unspecified atom stereocenters. The van der Waals surface area contributed by atoms with Gasteiger partial charge in [0.2, 0.25) is 5.91 Å². The monoisotopic (exact) mass is 302 g/mol. The van der Waals surface area contributed by atoms with Crippen molar-refractivity contribution in [1.82, 2.24) is 9.96 Å². The summed E-state index contributed by atoms with van der Waals surface area (Å²) < 4.78 is 5.35.